The van der Waals surface area contributed by atoms with Gasteiger partial charge in [-0.05, 0) is 18.2 Å². The first-order valence-corrected chi connectivity index (χ1v) is 4.94. The van der Waals surface area contributed by atoms with Crippen molar-refractivity contribution in [1.82, 2.24) is 4.98 Å². The molecule has 0 saturated heterocycles. The summed E-state index contributed by atoms with van der Waals surface area (Å²) in [4.78, 5) is 7.79. The van der Waals surface area contributed by atoms with Crippen LogP contribution < -0.4 is 0 Å². The van der Waals surface area contributed by atoms with Crippen LogP contribution in [0.1, 0.15) is 5.56 Å². The number of nitrogens with one attached hydrogen (secondary N) is 1. The molecule has 0 spiro atoms. The van der Waals surface area contributed by atoms with Crippen LogP contribution in [0.5, 0.6) is 0 Å². The number of benzene rings is 1. The van der Waals surface area contributed by atoms with E-state index >= 15 is 0 Å². The van der Waals surface area contributed by atoms with Gasteiger partial charge < -0.3 is 9.82 Å². The van der Waals surface area contributed by atoms with Gasteiger partial charge in [0.1, 0.15) is 7.11 Å². The predicted molar refractivity (Wildman–Crippen MR) is 60.6 cm³/mol. The number of H-pyrrole nitrogens is 1. The average Bonchev–Trinajstić information content (AvgIpc) is 2.57. The highest BCUT2D eigenvalue weighted by molar-refractivity contribution is 9.10. The Morgan fingerprint density at radius 3 is 3.14 bits per heavy atom. The number of aromatic nitrogens is 1. The molecule has 0 aliphatic heterocycles. The predicted octanol–water partition coefficient (Wildman–Crippen LogP) is 2.91. The van der Waals surface area contributed by atoms with E-state index in [0.29, 0.717) is 0 Å². The molecule has 2 rings (SSSR count). The molecule has 0 fully saturated rings. The summed E-state index contributed by atoms with van der Waals surface area (Å²) >= 11 is 3.43. The molecule has 72 valence electrons. The van der Waals surface area contributed by atoms with Gasteiger partial charge in [-0.15, -0.1) is 0 Å². The van der Waals surface area contributed by atoms with E-state index in [9.17, 15) is 0 Å². The van der Waals surface area contributed by atoms with Gasteiger partial charge in [0.05, 0.1) is 6.21 Å². The third-order valence-corrected chi connectivity index (χ3v) is 2.47. The Balaban J connectivity index is 2.55. The van der Waals surface area contributed by atoms with Crippen LogP contribution in [0.2, 0.25) is 0 Å². The van der Waals surface area contributed by atoms with Crippen molar-refractivity contribution >= 4 is 33.0 Å². The summed E-state index contributed by atoms with van der Waals surface area (Å²) in [5, 5.41) is 4.86. The van der Waals surface area contributed by atoms with Crippen LogP contribution in [-0.4, -0.2) is 18.3 Å². The van der Waals surface area contributed by atoms with Crippen molar-refractivity contribution in [2.45, 2.75) is 0 Å². The largest absolute Gasteiger partial charge is 0.399 e. The second kappa shape index (κ2) is 3.84. The fraction of sp³-hybridized carbons (Fsp3) is 0.100. The fourth-order valence-electron chi connectivity index (χ4n) is 1.33. The molecule has 0 aliphatic carbocycles. The number of fused-ring (bicyclic) bond motifs is 1. The molecule has 1 N–H and O–H groups in total. The van der Waals surface area contributed by atoms with Crippen LogP contribution in [-0.2, 0) is 4.84 Å². The zero-order valence-electron chi connectivity index (χ0n) is 7.62. The second-order valence-corrected chi connectivity index (χ2v) is 3.77. The normalized spacial score (nSPS) is 11.3. The van der Waals surface area contributed by atoms with Gasteiger partial charge in [-0.2, -0.15) is 0 Å². The maximum Gasteiger partial charge on any atom is 0.106 e. The lowest BCUT2D eigenvalue weighted by Crippen LogP contribution is -1.78. The highest BCUT2D eigenvalue weighted by atomic mass is 79.9. The first kappa shape index (κ1) is 9.27. The summed E-state index contributed by atoms with van der Waals surface area (Å²) in [7, 11) is 1.53. The topological polar surface area (TPSA) is 37.4 Å². The van der Waals surface area contributed by atoms with E-state index in [1.165, 1.54) is 7.11 Å². The van der Waals surface area contributed by atoms with Crippen molar-refractivity contribution in [2.75, 3.05) is 7.11 Å². The van der Waals surface area contributed by atoms with Gasteiger partial charge in [0.15, 0.2) is 0 Å². The van der Waals surface area contributed by atoms with Gasteiger partial charge in [-0.1, -0.05) is 21.1 Å². The molecule has 2 aromatic rings. The van der Waals surface area contributed by atoms with E-state index in [1.54, 1.807) is 6.21 Å². The molecule has 1 heterocycles. The van der Waals surface area contributed by atoms with E-state index < -0.39 is 0 Å². The molecule has 0 bridgehead atoms. The molecular formula is C10H9BrN2O. The van der Waals surface area contributed by atoms with Gasteiger partial charge in [-0.3, -0.25) is 0 Å². The van der Waals surface area contributed by atoms with Gasteiger partial charge in [0.2, 0.25) is 0 Å². The molecule has 4 heteroatoms. The number of rotatable bonds is 2. The highest BCUT2D eigenvalue weighted by Gasteiger charge is 2.01. The van der Waals surface area contributed by atoms with Crippen LogP contribution in [0.25, 0.3) is 10.9 Å². The molecule has 1 aromatic carbocycles. The van der Waals surface area contributed by atoms with E-state index in [2.05, 4.69) is 30.9 Å². The van der Waals surface area contributed by atoms with Crippen molar-refractivity contribution in [3.05, 3.63) is 34.4 Å². The summed E-state index contributed by atoms with van der Waals surface area (Å²) in [6.45, 7) is 0. The first-order chi connectivity index (χ1) is 6.81. The minimum Gasteiger partial charge on any atom is -0.399 e. The summed E-state index contributed by atoms with van der Waals surface area (Å²) in [6, 6.07) is 6.06. The number of halogens is 1. The molecule has 0 unspecified atom stereocenters. The molecule has 3 nitrogen and oxygen atoms in total. The third kappa shape index (κ3) is 1.65. The summed E-state index contributed by atoms with van der Waals surface area (Å²) < 4.78 is 1.05. The maximum absolute atomic E-state index is 4.64. The van der Waals surface area contributed by atoms with Gasteiger partial charge in [0, 0.05) is 27.1 Å². The molecule has 0 aliphatic rings. The zero-order chi connectivity index (χ0) is 9.97. The van der Waals surface area contributed by atoms with E-state index in [4.69, 9.17) is 0 Å². The van der Waals surface area contributed by atoms with Crippen molar-refractivity contribution in [3.63, 3.8) is 0 Å². The van der Waals surface area contributed by atoms with Crippen LogP contribution in [0.4, 0.5) is 0 Å². The number of oxime groups is 1. The maximum atomic E-state index is 4.64. The minimum absolute atomic E-state index is 1.02. The van der Waals surface area contributed by atoms with Crippen molar-refractivity contribution in [3.8, 4) is 0 Å². The summed E-state index contributed by atoms with van der Waals surface area (Å²) in [6.07, 6.45) is 3.59. The highest BCUT2D eigenvalue weighted by Crippen LogP contribution is 2.21. The molecule has 0 atom stereocenters. The van der Waals surface area contributed by atoms with Gasteiger partial charge in [0.25, 0.3) is 0 Å². The standard InChI is InChI=1S/C10H9BrN2O/c1-14-13-6-7-5-12-10-3-2-8(11)4-9(7)10/h2-6,12H,1H3/b13-6+. The van der Waals surface area contributed by atoms with Crippen LogP contribution in [0, 0.1) is 0 Å². The number of hydrogen-bond acceptors (Lipinski definition) is 2. The molecule has 0 amide bonds. The number of hydrogen-bond donors (Lipinski definition) is 1. The second-order valence-electron chi connectivity index (χ2n) is 2.85. The quantitative estimate of drug-likeness (QED) is 0.648. The molecule has 0 saturated carbocycles. The Kier molecular flexibility index (Phi) is 2.54. The summed E-state index contributed by atoms with van der Waals surface area (Å²) in [5.41, 5.74) is 2.11. The fourth-order valence-corrected chi connectivity index (χ4v) is 1.69. The van der Waals surface area contributed by atoms with E-state index in [-0.39, 0.29) is 0 Å². The molecular weight excluding hydrogens is 244 g/mol. The van der Waals surface area contributed by atoms with Crippen molar-refractivity contribution < 1.29 is 4.84 Å². The monoisotopic (exact) mass is 252 g/mol. The van der Waals surface area contributed by atoms with E-state index in [1.807, 2.05) is 24.4 Å². The minimum atomic E-state index is 1.02. The Morgan fingerprint density at radius 1 is 1.50 bits per heavy atom. The smallest absolute Gasteiger partial charge is 0.106 e. The Labute approximate surface area is 89.9 Å². The lowest BCUT2D eigenvalue weighted by molar-refractivity contribution is 0.215. The van der Waals surface area contributed by atoms with Gasteiger partial charge in [-0.25, -0.2) is 0 Å². The lowest BCUT2D eigenvalue weighted by Gasteiger charge is -1.92. The van der Waals surface area contributed by atoms with E-state index in [0.717, 1.165) is 20.9 Å². The average molecular weight is 253 g/mol. The van der Waals surface area contributed by atoms with Crippen molar-refractivity contribution in [1.29, 1.82) is 0 Å². The zero-order valence-corrected chi connectivity index (χ0v) is 9.21. The molecule has 14 heavy (non-hydrogen) atoms. The van der Waals surface area contributed by atoms with Gasteiger partial charge >= 0.3 is 0 Å². The number of nitrogens with zero attached hydrogens (tertiary/aromatic N) is 1. The Bertz CT molecular complexity index is 476. The molecule has 1 aromatic heterocycles. The van der Waals surface area contributed by atoms with Crippen LogP contribution in [0.3, 0.4) is 0 Å². The van der Waals surface area contributed by atoms with Crippen LogP contribution in [0.15, 0.2) is 34.0 Å². The van der Waals surface area contributed by atoms with Crippen LogP contribution >= 0.6 is 15.9 Å². The molecule has 0 radical (unpaired) electrons. The number of aromatic amines is 1. The summed E-state index contributed by atoms with van der Waals surface area (Å²) in [5.74, 6) is 0. The Morgan fingerprint density at radius 2 is 2.36 bits per heavy atom. The first-order valence-electron chi connectivity index (χ1n) is 4.14. The SMILES string of the molecule is CO/N=C/c1c[nH]c2ccc(Br)cc12. The lowest BCUT2D eigenvalue weighted by atomic mass is 10.2. The van der Waals surface area contributed by atoms with Crippen molar-refractivity contribution in [2.24, 2.45) is 5.16 Å². The third-order valence-electron chi connectivity index (χ3n) is 1.97. The Hall–Kier alpha value is -1.29.